The van der Waals surface area contributed by atoms with Gasteiger partial charge in [0.2, 0.25) is 0 Å². The van der Waals surface area contributed by atoms with Crippen molar-refractivity contribution in [3.8, 4) is 52.0 Å². The molecule has 1 amide bonds. The van der Waals surface area contributed by atoms with Crippen molar-refractivity contribution in [2.24, 2.45) is 0 Å². The fourth-order valence-electron chi connectivity index (χ4n) is 6.37. The summed E-state index contributed by atoms with van der Waals surface area (Å²) in [6.07, 6.45) is 13.4. The SMILES string of the molecule is C#CC(=O)Nc1cc(-c2cc3c(cn2)cc(-c2c(Cl)c(OC)cc(OC)c2Cl)c2nccn23)c(OC)cc1N1CCN(C2CC2)CC1. The van der Waals surface area contributed by atoms with Gasteiger partial charge in [-0.2, -0.15) is 0 Å². The Hall–Kier alpha value is -4.69. The van der Waals surface area contributed by atoms with Crippen LogP contribution in [0.25, 0.3) is 38.9 Å². The lowest BCUT2D eigenvalue weighted by Crippen LogP contribution is -2.47. The van der Waals surface area contributed by atoms with E-state index in [4.69, 9.17) is 48.8 Å². The van der Waals surface area contributed by atoms with Crippen molar-refractivity contribution < 1.29 is 19.0 Å². The molecule has 10 nitrogen and oxygen atoms in total. The van der Waals surface area contributed by atoms with Crippen LogP contribution in [0.5, 0.6) is 17.2 Å². The molecule has 0 radical (unpaired) electrons. The Morgan fingerprint density at radius 2 is 1.62 bits per heavy atom. The van der Waals surface area contributed by atoms with Crippen LogP contribution >= 0.6 is 23.2 Å². The van der Waals surface area contributed by atoms with E-state index in [1.807, 2.05) is 34.9 Å². The number of methoxy groups -OCH3 is 3. The number of halogens is 2. The van der Waals surface area contributed by atoms with Crippen LogP contribution in [0.1, 0.15) is 12.8 Å². The number of hydrogen-bond donors (Lipinski definition) is 1. The molecule has 3 aromatic heterocycles. The summed E-state index contributed by atoms with van der Waals surface area (Å²) >= 11 is 13.6. The van der Waals surface area contributed by atoms with Crippen LogP contribution in [0.15, 0.2) is 48.9 Å². The third kappa shape index (κ3) is 5.54. The third-order valence-electron chi connectivity index (χ3n) is 8.89. The molecule has 2 aromatic carbocycles. The molecule has 1 aliphatic carbocycles. The number of pyridine rings is 2. The monoisotopic (exact) mass is 670 g/mol. The Labute approximate surface area is 282 Å². The Kier molecular flexibility index (Phi) is 8.22. The van der Waals surface area contributed by atoms with Gasteiger partial charge >= 0.3 is 0 Å². The van der Waals surface area contributed by atoms with Crippen molar-refractivity contribution in [2.75, 3.05) is 57.7 Å². The molecule has 240 valence electrons. The quantitative estimate of drug-likeness (QED) is 0.190. The minimum absolute atomic E-state index is 0.340. The molecule has 1 aliphatic heterocycles. The van der Waals surface area contributed by atoms with Gasteiger partial charge in [-0.3, -0.25) is 19.1 Å². The van der Waals surface area contributed by atoms with Gasteiger partial charge in [-0.05, 0) is 37.0 Å². The average molecular weight is 672 g/mol. The third-order valence-corrected chi connectivity index (χ3v) is 9.64. The van der Waals surface area contributed by atoms with Crippen LogP contribution < -0.4 is 24.4 Å². The standard InChI is InChI=1S/C35H32Cl2N6O4/c1-5-31(44)40-25-15-22(28(45-2)17-27(25)42-12-10-41(11-13-42)21-6-7-21)24-16-26-20(19-39-24)14-23(35-38-8-9-43(26)35)32-33(36)29(46-3)18-30(47-4)34(32)37/h1,8-9,14-19,21H,6-7,10-13H2,2-4H3,(H,40,44). The number of nitrogens with zero attached hydrogens (tertiary/aromatic N) is 5. The van der Waals surface area contributed by atoms with E-state index in [2.05, 4.69) is 26.0 Å². The first-order chi connectivity index (χ1) is 22.8. The molecule has 0 spiro atoms. The maximum Gasteiger partial charge on any atom is 0.300 e. The maximum atomic E-state index is 12.5. The summed E-state index contributed by atoms with van der Waals surface area (Å²) in [5, 5.41) is 4.40. The van der Waals surface area contributed by atoms with E-state index < -0.39 is 5.91 Å². The first-order valence-corrected chi connectivity index (χ1v) is 16.0. The van der Waals surface area contributed by atoms with Crippen LogP contribution in [0.3, 0.4) is 0 Å². The molecule has 47 heavy (non-hydrogen) atoms. The number of rotatable bonds is 8. The van der Waals surface area contributed by atoms with Crippen LogP contribution in [-0.4, -0.2) is 78.7 Å². The molecular weight excluding hydrogens is 639 g/mol. The normalized spacial score (nSPS) is 15.1. The Morgan fingerprint density at radius 1 is 0.915 bits per heavy atom. The Bertz CT molecular complexity index is 2050. The van der Waals surface area contributed by atoms with Crippen molar-refractivity contribution in [3.63, 3.8) is 0 Å². The molecule has 5 aromatic rings. The van der Waals surface area contributed by atoms with E-state index in [1.165, 1.54) is 27.1 Å². The number of hydrogen-bond acceptors (Lipinski definition) is 8. The summed E-state index contributed by atoms with van der Waals surface area (Å²) in [7, 11) is 4.70. The van der Waals surface area contributed by atoms with E-state index in [0.29, 0.717) is 67.1 Å². The highest BCUT2D eigenvalue weighted by atomic mass is 35.5. The highest BCUT2D eigenvalue weighted by Gasteiger charge is 2.32. The van der Waals surface area contributed by atoms with Gasteiger partial charge in [-0.15, -0.1) is 6.42 Å². The van der Waals surface area contributed by atoms with E-state index >= 15 is 0 Å². The van der Waals surface area contributed by atoms with Gasteiger partial charge in [0.25, 0.3) is 5.91 Å². The van der Waals surface area contributed by atoms with E-state index in [1.54, 1.807) is 25.6 Å². The fourth-order valence-corrected chi connectivity index (χ4v) is 7.08. The van der Waals surface area contributed by atoms with Crippen molar-refractivity contribution in [3.05, 3.63) is 59.0 Å². The zero-order valence-corrected chi connectivity index (χ0v) is 27.7. The highest BCUT2D eigenvalue weighted by Crippen LogP contribution is 2.48. The van der Waals surface area contributed by atoms with Crippen molar-refractivity contribution in [2.45, 2.75) is 18.9 Å². The number of nitrogens with one attached hydrogen (secondary N) is 1. The minimum atomic E-state index is -0.524. The van der Waals surface area contributed by atoms with E-state index in [0.717, 1.165) is 42.8 Å². The smallest absolute Gasteiger partial charge is 0.300 e. The molecule has 2 aliphatic rings. The summed E-state index contributed by atoms with van der Waals surface area (Å²) in [6.45, 7) is 3.59. The zero-order valence-electron chi connectivity index (χ0n) is 26.1. The average Bonchev–Trinajstić information content (AvgIpc) is 3.83. The molecule has 0 bridgehead atoms. The van der Waals surface area contributed by atoms with Gasteiger partial charge in [-0.25, -0.2) is 4.98 Å². The lowest BCUT2D eigenvalue weighted by molar-refractivity contribution is -0.111. The predicted octanol–water partition coefficient (Wildman–Crippen LogP) is 6.41. The molecule has 2 fully saturated rings. The van der Waals surface area contributed by atoms with Gasteiger partial charge < -0.3 is 24.4 Å². The van der Waals surface area contributed by atoms with E-state index in [9.17, 15) is 4.79 Å². The molecule has 12 heteroatoms. The van der Waals surface area contributed by atoms with Gasteiger partial charge in [0, 0.05) is 85.0 Å². The number of carbonyl (C=O) groups is 1. The number of piperazine rings is 1. The Balaban J connectivity index is 1.35. The molecule has 0 atom stereocenters. The lowest BCUT2D eigenvalue weighted by atomic mass is 10.0. The number of anilines is 2. The number of imidazole rings is 1. The summed E-state index contributed by atoms with van der Waals surface area (Å²) in [5.74, 6) is 3.12. The maximum absolute atomic E-state index is 12.5. The molecule has 4 heterocycles. The first-order valence-electron chi connectivity index (χ1n) is 15.2. The van der Waals surface area contributed by atoms with Crippen LogP contribution in [0.2, 0.25) is 10.0 Å². The van der Waals surface area contributed by atoms with E-state index in [-0.39, 0.29) is 0 Å². The van der Waals surface area contributed by atoms with Crippen LogP contribution in [0, 0.1) is 12.3 Å². The summed E-state index contributed by atoms with van der Waals surface area (Å²) in [6, 6.07) is 10.1. The molecule has 0 unspecified atom stereocenters. The molecule has 1 saturated heterocycles. The molecule has 7 rings (SSSR count). The predicted molar refractivity (Wildman–Crippen MR) is 185 cm³/mol. The number of fused-ring (bicyclic) bond motifs is 3. The fraction of sp³-hybridized carbons (Fsp3) is 0.286. The lowest BCUT2D eigenvalue weighted by Gasteiger charge is -2.37. The van der Waals surface area contributed by atoms with Gasteiger partial charge in [0.05, 0.1) is 54.0 Å². The number of benzene rings is 2. The second-order valence-corrected chi connectivity index (χ2v) is 12.3. The number of aromatic nitrogens is 3. The first kappa shape index (κ1) is 30.9. The number of ether oxygens (including phenoxy) is 3. The van der Waals surface area contributed by atoms with Crippen molar-refractivity contribution in [1.29, 1.82) is 0 Å². The highest BCUT2D eigenvalue weighted by molar-refractivity contribution is 6.41. The molecule has 1 N–H and O–H groups in total. The van der Waals surface area contributed by atoms with Crippen LogP contribution in [0.4, 0.5) is 11.4 Å². The number of carbonyl (C=O) groups excluding carboxylic acids is 1. The van der Waals surface area contributed by atoms with Crippen molar-refractivity contribution >= 4 is 57.0 Å². The molecular formula is C35H32Cl2N6O4. The van der Waals surface area contributed by atoms with Crippen molar-refractivity contribution in [1.82, 2.24) is 19.3 Å². The zero-order chi connectivity index (χ0) is 32.8. The van der Waals surface area contributed by atoms with Gasteiger partial charge in [-0.1, -0.05) is 23.2 Å². The summed E-state index contributed by atoms with van der Waals surface area (Å²) < 4.78 is 18.9. The van der Waals surface area contributed by atoms with Crippen LogP contribution in [-0.2, 0) is 4.79 Å². The summed E-state index contributed by atoms with van der Waals surface area (Å²) in [4.78, 5) is 26.8. The molecule has 1 saturated carbocycles. The van der Waals surface area contributed by atoms with Gasteiger partial charge in [0.1, 0.15) is 22.9 Å². The second-order valence-electron chi connectivity index (χ2n) is 11.5. The second kappa shape index (κ2) is 12.5. The Morgan fingerprint density at radius 3 is 2.26 bits per heavy atom. The number of amides is 1. The summed E-state index contributed by atoms with van der Waals surface area (Å²) in [5.41, 5.74) is 5.48. The number of terminal acetylenes is 1. The minimum Gasteiger partial charge on any atom is -0.496 e. The topological polar surface area (TPSA) is 93.5 Å². The van der Waals surface area contributed by atoms with Gasteiger partial charge in [0.15, 0.2) is 0 Å². The largest absolute Gasteiger partial charge is 0.496 e.